The van der Waals surface area contributed by atoms with E-state index in [2.05, 4.69) is 15.6 Å². The van der Waals surface area contributed by atoms with E-state index in [1.54, 1.807) is 0 Å². The van der Waals surface area contributed by atoms with E-state index in [9.17, 15) is 4.79 Å². The standard InChI is InChI=1S/C14H33N7O/c15-7-1-2-8-19-9-3-4-10-20-13(22)12(16)6-5-11-21-14(17)18/h12,19H,1-11,15-16H2,(H,20,22)(H4,17,18,21)/t12-/m0/s1. The van der Waals surface area contributed by atoms with Crippen LogP contribution in [0.5, 0.6) is 0 Å². The molecule has 0 saturated carbocycles. The Labute approximate surface area is 133 Å². The summed E-state index contributed by atoms with van der Waals surface area (Å²) in [5, 5.41) is 6.20. The fraction of sp³-hybridized carbons (Fsp3) is 0.857. The Morgan fingerprint density at radius 1 is 1.00 bits per heavy atom. The second kappa shape index (κ2) is 14.6. The highest BCUT2D eigenvalue weighted by molar-refractivity contribution is 5.81. The van der Waals surface area contributed by atoms with Crippen LogP contribution in [0.3, 0.4) is 0 Å². The molecule has 0 aliphatic heterocycles. The van der Waals surface area contributed by atoms with E-state index in [-0.39, 0.29) is 11.9 Å². The van der Waals surface area contributed by atoms with Crippen molar-refractivity contribution in [1.82, 2.24) is 10.6 Å². The van der Waals surface area contributed by atoms with Gasteiger partial charge in [0.25, 0.3) is 0 Å². The zero-order valence-corrected chi connectivity index (χ0v) is 13.5. The van der Waals surface area contributed by atoms with Crippen LogP contribution in [0.1, 0.15) is 38.5 Å². The molecule has 0 heterocycles. The first-order valence-corrected chi connectivity index (χ1v) is 8.07. The average molecular weight is 315 g/mol. The number of nitrogens with two attached hydrogens (primary N) is 4. The van der Waals surface area contributed by atoms with Gasteiger partial charge in [-0.25, -0.2) is 0 Å². The molecular formula is C14H33N7O. The summed E-state index contributed by atoms with van der Waals surface area (Å²) in [6.45, 7) is 3.87. The van der Waals surface area contributed by atoms with Crippen molar-refractivity contribution < 1.29 is 4.79 Å². The Hall–Kier alpha value is -1.38. The molecule has 0 radical (unpaired) electrons. The number of rotatable bonds is 14. The highest BCUT2D eigenvalue weighted by atomic mass is 16.2. The molecule has 8 nitrogen and oxygen atoms in total. The van der Waals surface area contributed by atoms with Crippen LogP contribution in [-0.4, -0.2) is 50.6 Å². The van der Waals surface area contributed by atoms with Gasteiger partial charge in [0.2, 0.25) is 5.91 Å². The van der Waals surface area contributed by atoms with Crippen LogP contribution in [0.2, 0.25) is 0 Å². The minimum absolute atomic E-state index is 0.0645. The van der Waals surface area contributed by atoms with Crippen LogP contribution >= 0.6 is 0 Å². The number of carbonyl (C=O) groups is 1. The molecule has 0 saturated heterocycles. The van der Waals surface area contributed by atoms with E-state index >= 15 is 0 Å². The third kappa shape index (κ3) is 13.6. The summed E-state index contributed by atoms with van der Waals surface area (Å²) in [7, 11) is 0. The van der Waals surface area contributed by atoms with Crippen LogP contribution in [-0.2, 0) is 4.79 Å². The smallest absolute Gasteiger partial charge is 0.236 e. The first-order chi connectivity index (χ1) is 10.6. The molecule has 0 aromatic rings. The molecule has 0 bridgehead atoms. The maximum absolute atomic E-state index is 11.7. The molecule has 1 amide bonds. The quantitative estimate of drug-likeness (QED) is 0.131. The second-order valence-corrected chi connectivity index (χ2v) is 5.30. The first-order valence-electron chi connectivity index (χ1n) is 8.07. The van der Waals surface area contributed by atoms with Crippen molar-refractivity contribution in [2.24, 2.45) is 27.9 Å². The maximum Gasteiger partial charge on any atom is 0.236 e. The predicted molar refractivity (Wildman–Crippen MR) is 91.3 cm³/mol. The van der Waals surface area contributed by atoms with Crippen molar-refractivity contribution in [2.75, 3.05) is 32.7 Å². The normalized spacial score (nSPS) is 11.9. The van der Waals surface area contributed by atoms with Crippen LogP contribution in [0.4, 0.5) is 0 Å². The zero-order valence-electron chi connectivity index (χ0n) is 13.5. The zero-order chi connectivity index (χ0) is 16.6. The molecule has 0 unspecified atom stereocenters. The van der Waals surface area contributed by atoms with E-state index in [1.807, 2.05) is 0 Å². The summed E-state index contributed by atoms with van der Waals surface area (Å²) in [6, 6.07) is -0.497. The lowest BCUT2D eigenvalue weighted by Gasteiger charge is -2.11. The van der Waals surface area contributed by atoms with Crippen molar-refractivity contribution in [3.8, 4) is 0 Å². The molecule has 22 heavy (non-hydrogen) atoms. The third-order valence-corrected chi connectivity index (χ3v) is 3.19. The van der Waals surface area contributed by atoms with Gasteiger partial charge in [-0.3, -0.25) is 9.79 Å². The molecular weight excluding hydrogens is 282 g/mol. The topological polar surface area (TPSA) is 158 Å². The molecule has 0 rings (SSSR count). The van der Waals surface area contributed by atoms with Crippen molar-refractivity contribution in [3.63, 3.8) is 0 Å². The largest absolute Gasteiger partial charge is 0.370 e. The van der Waals surface area contributed by atoms with E-state index < -0.39 is 6.04 Å². The number of amides is 1. The van der Waals surface area contributed by atoms with Crippen molar-refractivity contribution in [1.29, 1.82) is 0 Å². The number of nitrogens with one attached hydrogen (secondary N) is 2. The van der Waals surface area contributed by atoms with Gasteiger partial charge in [0, 0.05) is 13.1 Å². The van der Waals surface area contributed by atoms with E-state index in [4.69, 9.17) is 22.9 Å². The Morgan fingerprint density at radius 3 is 2.27 bits per heavy atom. The van der Waals surface area contributed by atoms with Gasteiger partial charge in [0.05, 0.1) is 6.04 Å². The average Bonchev–Trinajstić information content (AvgIpc) is 2.49. The van der Waals surface area contributed by atoms with Gasteiger partial charge in [0.15, 0.2) is 5.96 Å². The van der Waals surface area contributed by atoms with Crippen LogP contribution in [0.15, 0.2) is 4.99 Å². The Morgan fingerprint density at radius 2 is 1.64 bits per heavy atom. The van der Waals surface area contributed by atoms with Gasteiger partial charge in [-0.05, 0) is 58.2 Å². The summed E-state index contributed by atoms with van der Waals surface area (Å²) in [5.74, 6) is -0.0461. The summed E-state index contributed by atoms with van der Waals surface area (Å²) >= 11 is 0. The summed E-state index contributed by atoms with van der Waals surface area (Å²) in [6.07, 6.45) is 5.41. The number of aliphatic imine (C=N–C) groups is 1. The fourth-order valence-corrected chi connectivity index (χ4v) is 1.89. The van der Waals surface area contributed by atoms with Crippen molar-refractivity contribution in [2.45, 2.75) is 44.6 Å². The number of unbranched alkanes of at least 4 members (excludes halogenated alkanes) is 2. The third-order valence-electron chi connectivity index (χ3n) is 3.19. The lowest BCUT2D eigenvalue weighted by Crippen LogP contribution is -2.41. The van der Waals surface area contributed by atoms with E-state index in [0.29, 0.717) is 25.9 Å². The van der Waals surface area contributed by atoms with Crippen LogP contribution in [0.25, 0.3) is 0 Å². The number of carbonyl (C=O) groups excluding carboxylic acids is 1. The number of nitrogens with zero attached hydrogens (tertiary/aromatic N) is 1. The van der Waals surface area contributed by atoms with Gasteiger partial charge in [-0.1, -0.05) is 0 Å². The highest BCUT2D eigenvalue weighted by Gasteiger charge is 2.11. The molecule has 0 aromatic heterocycles. The van der Waals surface area contributed by atoms with Gasteiger partial charge in [-0.2, -0.15) is 0 Å². The second-order valence-electron chi connectivity index (χ2n) is 5.30. The molecule has 0 aliphatic carbocycles. The molecule has 0 fully saturated rings. The van der Waals surface area contributed by atoms with Crippen molar-refractivity contribution in [3.05, 3.63) is 0 Å². The van der Waals surface area contributed by atoms with E-state index in [0.717, 1.165) is 45.3 Å². The lowest BCUT2D eigenvalue weighted by atomic mass is 10.1. The first kappa shape index (κ1) is 20.6. The van der Waals surface area contributed by atoms with Crippen LogP contribution < -0.4 is 33.6 Å². The number of hydrogen-bond donors (Lipinski definition) is 6. The summed E-state index contributed by atoms with van der Waals surface area (Å²) < 4.78 is 0. The predicted octanol–water partition coefficient (Wildman–Crippen LogP) is -1.41. The molecule has 130 valence electrons. The van der Waals surface area contributed by atoms with E-state index in [1.165, 1.54) is 0 Å². The van der Waals surface area contributed by atoms with Crippen molar-refractivity contribution >= 4 is 11.9 Å². The molecule has 0 aliphatic rings. The lowest BCUT2D eigenvalue weighted by molar-refractivity contribution is -0.122. The minimum Gasteiger partial charge on any atom is -0.370 e. The number of hydrogen-bond acceptors (Lipinski definition) is 5. The fourth-order valence-electron chi connectivity index (χ4n) is 1.89. The molecule has 10 N–H and O–H groups in total. The molecule has 8 heteroatoms. The van der Waals surface area contributed by atoms with Gasteiger partial charge in [0.1, 0.15) is 0 Å². The summed E-state index contributed by atoms with van der Waals surface area (Å²) in [5.41, 5.74) is 21.6. The van der Waals surface area contributed by atoms with Gasteiger partial charge in [-0.15, -0.1) is 0 Å². The van der Waals surface area contributed by atoms with Gasteiger partial charge < -0.3 is 33.6 Å². The number of guanidine groups is 1. The maximum atomic E-state index is 11.7. The Bertz CT molecular complexity index is 306. The highest BCUT2D eigenvalue weighted by Crippen LogP contribution is 1.96. The van der Waals surface area contributed by atoms with Gasteiger partial charge >= 0.3 is 0 Å². The molecule has 0 spiro atoms. The Kier molecular flexibility index (Phi) is 13.6. The Balaban J connectivity index is 3.42. The molecule has 1 atom stereocenters. The molecule has 0 aromatic carbocycles. The SMILES string of the molecule is NCCCCNCCCCNC(=O)[C@@H](N)CCCN=C(N)N. The minimum atomic E-state index is -0.497. The monoisotopic (exact) mass is 315 g/mol. The van der Waals surface area contributed by atoms with Crippen LogP contribution in [0, 0.1) is 0 Å². The summed E-state index contributed by atoms with van der Waals surface area (Å²) in [4.78, 5) is 15.6.